The number of hydrogen-bond acceptors (Lipinski definition) is 4. The van der Waals surface area contributed by atoms with E-state index in [-0.39, 0.29) is 23.2 Å². The molecule has 1 amide bonds. The van der Waals surface area contributed by atoms with Crippen LogP contribution >= 0.6 is 11.6 Å². The number of nitrogens with one attached hydrogen (secondary N) is 1. The molecule has 0 radical (unpaired) electrons. The molecule has 0 bridgehead atoms. The number of rotatable bonds is 2. The number of amides is 1. The second-order valence-electron chi connectivity index (χ2n) is 4.50. The highest BCUT2D eigenvalue weighted by atomic mass is 35.5. The van der Waals surface area contributed by atoms with Gasteiger partial charge in [0.2, 0.25) is 0 Å². The summed E-state index contributed by atoms with van der Waals surface area (Å²) in [6.07, 6.45) is -0.601. The first-order chi connectivity index (χ1) is 7.81. The first-order valence-electron chi connectivity index (χ1n) is 5.08. The summed E-state index contributed by atoms with van der Waals surface area (Å²) < 4.78 is 5.04. The van der Waals surface area contributed by atoms with E-state index < -0.39 is 11.6 Å². The van der Waals surface area contributed by atoms with Crippen LogP contribution in [-0.2, 0) is 6.61 Å². The molecule has 0 fully saturated rings. The van der Waals surface area contributed by atoms with Gasteiger partial charge in [-0.25, -0.2) is 9.78 Å². The van der Waals surface area contributed by atoms with Crippen molar-refractivity contribution < 1.29 is 14.6 Å². The van der Waals surface area contributed by atoms with Crippen LogP contribution in [0.3, 0.4) is 0 Å². The molecule has 0 unspecified atom stereocenters. The third-order valence-electron chi connectivity index (χ3n) is 1.73. The maximum Gasteiger partial charge on any atom is 0.413 e. The van der Waals surface area contributed by atoms with E-state index in [0.29, 0.717) is 0 Å². The highest BCUT2D eigenvalue weighted by Crippen LogP contribution is 2.19. The lowest BCUT2D eigenvalue weighted by molar-refractivity contribution is 0.188. The molecular weight excluding hydrogens is 244 g/mol. The number of carbonyl (C=O) groups excluding carboxylic acids is 1. The number of aromatic nitrogens is 1. The van der Waals surface area contributed by atoms with E-state index in [2.05, 4.69) is 10.3 Å². The number of aliphatic hydroxyl groups is 1. The Kier molecular flexibility index (Phi) is 4.31. The number of hydrogen-bond donors (Lipinski definition) is 2. The Labute approximate surface area is 105 Å². The molecule has 0 aliphatic rings. The molecule has 1 heterocycles. The van der Waals surface area contributed by atoms with E-state index in [9.17, 15) is 4.79 Å². The molecule has 94 valence electrons. The van der Waals surface area contributed by atoms with E-state index >= 15 is 0 Å². The fourth-order valence-electron chi connectivity index (χ4n) is 1.10. The number of aliphatic hydroxyl groups excluding tert-OH is 1. The highest BCUT2D eigenvalue weighted by Gasteiger charge is 2.17. The molecule has 6 heteroatoms. The molecule has 1 aromatic heterocycles. The zero-order valence-corrected chi connectivity index (χ0v) is 10.7. The van der Waals surface area contributed by atoms with Crippen LogP contribution in [0.15, 0.2) is 12.1 Å². The van der Waals surface area contributed by atoms with E-state index in [1.807, 2.05) is 20.8 Å². The maximum absolute atomic E-state index is 11.5. The Morgan fingerprint density at radius 3 is 2.71 bits per heavy atom. The van der Waals surface area contributed by atoms with Crippen LogP contribution in [0.25, 0.3) is 0 Å². The molecule has 0 aliphatic heterocycles. The van der Waals surface area contributed by atoms with Gasteiger partial charge < -0.3 is 15.2 Å². The Morgan fingerprint density at radius 2 is 2.18 bits per heavy atom. The van der Waals surface area contributed by atoms with Crippen molar-refractivity contribution in [2.75, 3.05) is 0 Å². The van der Waals surface area contributed by atoms with Gasteiger partial charge in [0.15, 0.2) is 5.75 Å². The summed E-state index contributed by atoms with van der Waals surface area (Å²) in [6.45, 7) is 5.16. The average Bonchev–Trinajstić information content (AvgIpc) is 2.17. The number of carbonyl (C=O) groups is 1. The minimum Gasteiger partial charge on any atom is -0.408 e. The topological polar surface area (TPSA) is 71.5 Å². The summed E-state index contributed by atoms with van der Waals surface area (Å²) in [5.41, 5.74) is -0.169. The molecule has 1 rings (SSSR count). The summed E-state index contributed by atoms with van der Waals surface area (Å²) in [4.78, 5) is 15.4. The predicted octanol–water partition coefficient (Wildman–Crippen LogP) is 2.11. The third-order valence-corrected chi connectivity index (χ3v) is 1.94. The van der Waals surface area contributed by atoms with Gasteiger partial charge in [0, 0.05) is 5.54 Å². The van der Waals surface area contributed by atoms with Crippen LogP contribution in [-0.4, -0.2) is 21.7 Å². The van der Waals surface area contributed by atoms with Crippen LogP contribution < -0.4 is 10.1 Å². The molecule has 0 atom stereocenters. The number of halogens is 1. The monoisotopic (exact) mass is 258 g/mol. The van der Waals surface area contributed by atoms with Gasteiger partial charge in [0.05, 0.1) is 6.61 Å². The first-order valence-corrected chi connectivity index (χ1v) is 5.46. The van der Waals surface area contributed by atoms with Crippen molar-refractivity contribution in [1.29, 1.82) is 0 Å². The number of nitrogens with zero attached hydrogens (tertiary/aromatic N) is 1. The van der Waals surface area contributed by atoms with Gasteiger partial charge in [-0.2, -0.15) is 0 Å². The molecule has 0 aromatic carbocycles. The molecule has 0 spiro atoms. The van der Waals surface area contributed by atoms with Crippen LogP contribution in [0.5, 0.6) is 5.75 Å². The van der Waals surface area contributed by atoms with E-state index in [1.54, 1.807) is 0 Å². The lowest BCUT2D eigenvalue weighted by atomic mass is 10.1. The Hall–Kier alpha value is -1.33. The quantitative estimate of drug-likeness (QED) is 0.797. The fraction of sp³-hybridized carbons (Fsp3) is 0.455. The van der Waals surface area contributed by atoms with Crippen LogP contribution in [0.4, 0.5) is 4.79 Å². The molecule has 0 saturated heterocycles. The Morgan fingerprint density at radius 1 is 1.53 bits per heavy atom. The van der Waals surface area contributed by atoms with Gasteiger partial charge in [0.1, 0.15) is 10.8 Å². The van der Waals surface area contributed by atoms with Crippen LogP contribution in [0.1, 0.15) is 26.5 Å². The molecule has 0 saturated carbocycles. The molecule has 5 nitrogen and oxygen atoms in total. The molecular formula is C11H15ClN2O3. The van der Waals surface area contributed by atoms with E-state index in [1.165, 1.54) is 12.1 Å². The first kappa shape index (κ1) is 13.7. The lowest BCUT2D eigenvalue weighted by Crippen LogP contribution is -2.42. The van der Waals surface area contributed by atoms with Crippen molar-refractivity contribution in [3.8, 4) is 5.75 Å². The van der Waals surface area contributed by atoms with Gasteiger partial charge in [-0.05, 0) is 32.9 Å². The fourth-order valence-corrected chi connectivity index (χ4v) is 1.26. The van der Waals surface area contributed by atoms with Crippen molar-refractivity contribution in [3.63, 3.8) is 0 Å². The van der Waals surface area contributed by atoms with Gasteiger partial charge >= 0.3 is 6.09 Å². The molecule has 1 aromatic rings. The average molecular weight is 259 g/mol. The normalized spacial score (nSPS) is 11.1. The zero-order valence-electron chi connectivity index (χ0n) is 9.95. The van der Waals surface area contributed by atoms with Crippen molar-refractivity contribution in [1.82, 2.24) is 10.3 Å². The summed E-state index contributed by atoms with van der Waals surface area (Å²) in [7, 11) is 0. The van der Waals surface area contributed by atoms with Crippen molar-refractivity contribution >= 4 is 17.7 Å². The Balaban J connectivity index is 2.78. The predicted molar refractivity (Wildman–Crippen MR) is 64.1 cm³/mol. The number of pyridine rings is 1. The molecule has 2 N–H and O–H groups in total. The van der Waals surface area contributed by atoms with Gasteiger partial charge in [-0.3, -0.25) is 0 Å². The summed E-state index contributed by atoms with van der Waals surface area (Å²) in [6, 6.07) is 2.98. The zero-order chi connectivity index (χ0) is 13.1. The number of ether oxygens (including phenoxy) is 1. The largest absolute Gasteiger partial charge is 0.413 e. The third kappa shape index (κ3) is 4.58. The smallest absolute Gasteiger partial charge is 0.408 e. The van der Waals surface area contributed by atoms with E-state index in [4.69, 9.17) is 21.4 Å². The second kappa shape index (κ2) is 5.33. The maximum atomic E-state index is 11.5. The van der Waals surface area contributed by atoms with Gasteiger partial charge in [0.25, 0.3) is 0 Å². The molecule has 17 heavy (non-hydrogen) atoms. The minimum atomic E-state index is -0.601. The van der Waals surface area contributed by atoms with E-state index in [0.717, 1.165) is 0 Å². The Bertz CT molecular complexity index is 416. The van der Waals surface area contributed by atoms with Crippen molar-refractivity contribution in [2.45, 2.75) is 32.9 Å². The van der Waals surface area contributed by atoms with Crippen molar-refractivity contribution in [3.05, 3.63) is 23.0 Å². The second-order valence-corrected chi connectivity index (χ2v) is 4.89. The van der Waals surface area contributed by atoms with Gasteiger partial charge in [-0.1, -0.05) is 11.6 Å². The summed E-state index contributed by atoms with van der Waals surface area (Å²) in [5.74, 6) is 0.193. The SMILES string of the molecule is CC(C)(C)NC(=O)Oc1ccc(Cl)nc1CO. The molecule has 0 aliphatic carbocycles. The van der Waals surface area contributed by atoms with Crippen LogP contribution in [0, 0.1) is 0 Å². The van der Waals surface area contributed by atoms with Crippen molar-refractivity contribution in [2.24, 2.45) is 0 Å². The summed E-state index contributed by atoms with van der Waals surface area (Å²) in [5, 5.41) is 11.9. The highest BCUT2D eigenvalue weighted by molar-refractivity contribution is 6.29. The lowest BCUT2D eigenvalue weighted by Gasteiger charge is -2.20. The summed E-state index contributed by atoms with van der Waals surface area (Å²) >= 11 is 5.66. The van der Waals surface area contributed by atoms with Gasteiger partial charge in [-0.15, -0.1) is 0 Å². The minimum absolute atomic E-state index is 0.193. The standard InChI is InChI=1S/C11H15ClN2O3/c1-11(2,3)14-10(16)17-8-4-5-9(12)13-7(8)6-15/h4-5,15H,6H2,1-3H3,(H,14,16). The van der Waals surface area contributed by atoms with Crippen LogP contribution in [0.2, 0.25) is 5.15 Å².